The summed E-state index contributed by atoms with van der Waals surface area (Å²) in [5.41, 5.74) is 1.64. The highest BCUT2D eigenvalue weighted by Gasteiger charge is 2.24. The second-order valence-corrected chi connectivity index (χ2v) is 6.18. The number of carbonyl (C=O) groups is 2. The summed E-state index contributed by atoms with van der Waals surface area (Å²) >= 11 is 0. The summed E-state index contributed by atoms with van der Waals surface area (Å²) in [4.78, 5) is 26.4. The first kappa shape index (κ1) is 14.8. The van der Waals surface area contributed by atoms with Crippen molar-refractivity contribution in [2.75, 3.05) is 6.54 Å². The van der Waals surface area contributed by atoms with Crippen LogP contribution >= 0.6 is 0 Å². The number of hydrogen-bond acceptors (Lipinski definition) is 2. The molecular weight excluding hydrogens is 276 g/mol. The van der Waals surface area contributed by atoms with Gasteiger partial charge in [0.2, 0.25) is 5.91 Å². The topological polar surface area (TPSA) is 42.3 Å². The lowest BCUT2D eigenvalue weighted by atomic mass is 10.0. The van der Waals surface area contributed by atoms with E-state index in [-0.39, 0.29) is 11.7 Å². The average Bonchev–Trinajstić information content (AvgIpc) is 2.87. The minimum atomic E-state index is 0.0359. The Morgan fingerprint density at radius 1 is 1.23 bits per heavy atom. The fraction of sp³-hybridized carbons (Fsp3) is 0.444. The first-order valence-corrected chi connectivity index (χ1v) is 7.96. The molecule has 0 unspecified atom stereocenters. The second kappa shape index (κ2) is 5.95. The lowest BCUT2D eigenvalue weighted by Gasteiger charge is -2.33. The number of rotatable bonds is 3. The van der Waals surface area contributed by atoms with Gasteiger partial charge in [-0.15, -0.1) is 0 Å². The van der Waals surface area contributed by atoms with Gasteiger partial charge in [0.25, 0.3) is 0 Å². The molecule has 0 spiro atoms. The van der Waals surface area contributed by atoms with Crippen molar-refractivity contribution in [2.24, 2.45) is 0 Å². The van der Waals surface area contributed by atoms with Crippen LogP contribution in [0.15, 0.2) is 30.5 Å². The lowest BCUT2D eigenvalue weighted by Crippen LogP contribution is -2.43. The molecule has 1 amide bonds. The number of amides is 1. The van der Waals surface area contributed by atoms with E-state index in [4.69, 9.17) is 0 Å². The number of nitrogens with zero attached hydrogens (tertiary/aromatic N) is 2. The molecule has 2 heterocycles. The molecule has 1 aliphatic heterocycles. The number of likely N-dealkylation sites (tertiary alicyclic amines) is 1. The Morgan fingerprint density at radius 3 is 2.73 bits per heavy atom. The van der Waals surface area contributed by atoms with Crippen molar-refractivity contribution in [1.82, 2.24) is 9.47 Å². The molecule has 4 heteroatoms. The summed E-state index contributed by atoms with van der Waals surface area (Å²) in [5.74, 6) is 0.178. The quantitative estimate of drug-likeness (QED) is 0.816. The van der Waals surface area contributed by atoms with Gasteiger partial charge < -0.3 is 9.47 Å². The minimum absolute atomic E-state index is 0.0359. The van der Waals surface area contributed by atoms with Gasteiger partial charge in [0, 0.05) is 35.2 Å². The van der Waals surface area contributed by atoms with E-state index < -0.39 is 0 Å². The highest BCUT2D eigenvalue weighted by atomic mass is 16.2. The van der Waals surface area contributed by atoms with Crippen LogP contribution in [0.2, 0.25) is 0 Å². The van der Waals surface area contributed by atoms with Crippen LogP contribution in [0.25, 0.3) is 10.9 Å². The van der Waals surface area contributed by atoms with Gasteiger partial charge in [-0.1, -0.05) is 18.2 Å². The maximum atomic E-state index is 12.6. The first-order valence-electron chi connectivity index (χ1n) is 7.96. The van der Waals surface area contributed by atoms with Gasteiger partial charge in [0.1, 0.15) is 6.54 Å². The van der Waals surface area contributed by atoms with E-state index >= 15 is 0 Å². The number of piperidine rings is 1. The van der Waals surface area contributed by atoms with Gasteiger partial charge in [-0.3, -0.25) is 9.59 Å². The molecule has 1 atom stereocenters. The van der Waals surface area contributed by atoms with Crippen molar-refractivity contribution < 1.29 is 9.59 Å². The van der Waals surface area contributed by atoms with Gasteiger partial charge in [0.05, 0.1) is 0 Å². The molecule has 1 saturated heterocycles. The molecule has 1 fully saturated rings. The van der Waals surface area contributed by atoms with Crippen LogP contribution in [0, 0.1) is 0 Å². The predicted molar refractivity (Wildman–Crippen MR) is 87.0 cm³/mol. The Hall–Kier alpha value is -2.10. The normalized spacial score (nSPS) is 18.6. The number of aromatic nitrogens is 1. The largest absolute Gasteiger partial charge is 0.338 e. The molecule has 1 aromatic carbocycles. The maximum Gasteiger partial charge on any atom is 0.242 e. The van der Waals surface area contributed by atoms with Crippen molar-refractivity contribution in [1.29, 1.82) is 0 Å². The molecule has 22 heavy (non-hydrogen) atoms. The zero-order valence-corrected chi connectivity index (χ0v) is 13.2. The number of ketones is 1. The van der Waals surface area contributed by atoms with Crippen LogP contribution in [0.1, 0.15) is 43.5 Å². The summed E-state index contributed by atoms with van der Waals surface area (Å²) in [7, 11) is 0. The average molecular weight is 298 g/mol. The van der Waals surface area contributed by atoms with Crippen LogP contribution in [-0.2, 0) is 11.3 Å². The van der Waals surface area contributed by atoms with Crippen LogP contribution in [0.4, 0.5) is 0 Å². The number of carbonyl (C=O) groups excluding carboxylic acids is 2. The van der Waals surface area contributed by atoms with E-state index in [0.717, 1.165) is 30.3 Å². The molecule has 0 radical (unpaired) electrons. The Kier molecular flexibility index (Phi) is 4.01. The van der Waals surface area contributed by atoms with E-state index in [1.165, 1.54) is 6.42 Å². The monoisotopic (exact) mass is 298 g/mol. The highest BCUT2D eigenvalue weighted by Crippen LogP contribution is 2.23. The third kappa shape index (κ3) is 2.65. The van der Waals surface area contributed by atoms with Crippen LogP contribution in [0.5, 0.6) is 0 Å². The maximum absolute atomic E-state index is 12.6. The van der Waals surface area contributed by atoms with Crippen LogP contribution in [-0.4, -0.2) is 33.7 Å². The predicted octanol–water partition coefficient (Wildman–Crippen LogP) is 3.24. The molecule has 0 aliphatic carbocycles. The number of hydrogen-bond donors (Lipinski definition) is 0. The van der Waals surface area contributed by atoms with Gasteiger partial charge in [0.15, 0.2) is 5.78 Å². The molecule has 1 aliphatic rings. The molecule has 4 nitrogen and oxygen atoms in total. The van der Waals surface area contributed by atoms with Gasteiger partial charge in [-0.2, -0.15) is 0 Å². The fourth-order valence-electron chi connectivity index (χ4n) is 3.36. The lowest BCUT2D eigenvalue weighted by molar-refractivity contribution is -0.135. The highest BCUT2D eigenvalue weighted by molar-refractivity contribution is 6.07. The minimum Gasteiger partial charge on any atom is -0.338 e. The fourth-order valence-corrected chi connectivity index (χ4v) is 3.36. The standard InChI is InChI=1S/C18H22N2O2/c1-13-7-5-6-10-20(13)18(22)12-19-11-16(14(2)21)15-8-3-4-9-17(15)19/h3-4,8-9,11,13H,5-7,10,12H2,1-2H3/t13-/m1/s1. The molecule has 3 rings (SSSR count). The Bertz CT molecular complexity index is 717. The summed E-state index contributed by atoms with van der Waals surface area (Å²) in [6.07, 6.45) is 5.18. The number of para-hydroxylation sites is 1. The van der Waals surface area contributed by atoms with Crippen molar-refractivity contribution in [2.45, 2.75) is 45.7 Å². The Balaban J connectivity index is 1.90. The van der Waals surface area contributed by atoms with E-state index in [1.807, 2.05) is 39.9 Å². The van der Waals surface area contributed by atoms with Crippen molar-refractivity contribution >= 4 is 22.6 Å². The van der Waals surface area contributed by atoms with E-state index in [9.17, 15) is 9.59 Å². The summed E-state index contributed by atoms with van der Waals surface area (Å²) in [6.45, 7) is 4.84. The van der Waals surface area contributed by atoms with E-state index in [1.54, 1.807) is 6.92 Å². The van der Waals surface area contributed by atoms with Crippen LogP contribution < -0.4 is 0 Å². The van der Waals surface area contributed by atoms with E-state index in [2.05, 4.69) is 6.92 Å². The first-order chi connectivity index (χ1) is 10.6. The number of Topliss-reactive ketones (excluding diaryl/α,β-unsaturated/α-hetero) is 1. The number of fused-ring (bicyclic) bond motifs is 1. The summed E-state index contributed by atoms with van der Waals surface area (Å²) in [5, 5.41) is 0.925. The zero-order chi connectivity index (χ0) is 15.7. The van der Waals surface area contributed by atoms with E-state index in [0.29, 0.717) is 18.2 Å². The third-order valence-corrected chi connectivity index (χ3v) is 4.60. The zero-order valence-electron chi connectivity index (χ0n) is 13.2. The number of benzene rings is 1. The summed E-state index contributed by atoms with van der Waals surface area (Å²) < 4.78 is 1.91. The molecule has 2 aromatic rings. The van der Waals surface area contributed by atoms with Crippen molar-refractivity contribution in [3.05, 3.63) is 36.0 Å². The molecule has 0 N–H and O–H groups in total. The van der Waals surface area contributed by atoms with Gasteiger partial charge in [-0.25, -0.2) is 0 Å². The molecule has 1 aromatic heterocycles. The third-order valence-electron chi connectivity index (χ3n) is 4.60. The van der Waals surface area contributed by atoms with Crippen LogP contribution in [0.3, 0.4) is 0 Å². The SMILES string of the molecule is CC(=O)c1cn(CC(=O)N2CCCC[C@H]2C)c2ccccc12. The Labute approximate surface area is 130 Å². The van der Waals surface area contributed by atoms with Crippen molar-refractivity contribution in [3.63, 3.8) is 0 Å². The molecule has 116 valence electrons. The smallest absolute Gasteiger partial charge is 0.242 e. The van der Waals surface area contributed by atoms with Gasteiger partial charge >= 0.3 is 0 Å². The molecular formula is C18H22N2O2. The second-order valence-electron chi connectivity index (χ2n) is 6.18. The Morgan fingerprint density at radius 2 is 2.00 bits per heavy atom. The molecule has 0 saturated carbocycles. The van der Waals surface area contributed by atoms with Crippen molar-refractivity contribution in [3.8, 4) is 0 Å². The molecule has 0 bridgehead atoms. The van der Waals surface area contributed by atoms with Gasteiger partial charge in [-0.05, 0) is 39.2 Å². The summed E-state index contributed by atoms with van der Waals surface area (Å²) in [6, 6.07) is 8.09.